The van der Waals surface area contributed by atoms with E-state index in [0.29, 0.717) is 25.8 Å². The molecule has 3 aromatic carbocycles. The molecule has 3 aromatic rings. The van der Waals surface area contributed by atoms with Gasteiger partial charge in [0.1, 0.15) is 6.61 Å². The summed E-state index contributed by atoms with van der Waals surface area (Å²) in [6, 6.07) is 31.1. The Hall–Kier alpha value is -4.24. The molecular formula is C31H33N3O5S. The summed E-state index contributed by atoms with van der Waals surface area (Å²) in [7, 11) is 0. The van der Waals surface area contributed by atoms with E-state index in [2.05, 4.69) is 94.6 Å². The highest BCUT2D eigenvalue weighted by molar-refractivity contribution is 8.01. The van der Waals surface area contributed by atoms with Crippen LogP contribution in [-0.4, -0.2) is 59.7 Å². The molecule has 2 atom stereocenters. The number of benzene rings is 3. The van der Waals surface area contributed by atoms with E-state index < -0.39 is 16.9 Å². The summed E-state index contributed by atoms with van der Waals surface area (Å²) in [5.74, 6) is 0. The molecule has 4 rings (SSSR count). The highest BCUT2D eigenvalue weighted by Gasteiger charge is 2.44. The summed E-state index contributed by atoms with van der Waals surface area (Å²) in [5.41, 5.74) is 3.45. The fourth-order valence-corrected chi connectivity index (χ4v) is 6.97. The van der Waals surface area contributed by atoms with Gasteiger partial charge in [-0.2, -0.15) is 0 Å². The Morgan fingerprint density at radius 2 is 1.55 bits per heavy atom. The Balaban J connectivity index is 1.65. The first-order chi connectivity index (χ1) is 19.6. The van der Waals surface area contributed by atoms with Crippen molar-refractivity contribution in [2.75, 3.05) is 19.7 Å². The molecule has 9 heteroatoms. The van der Waals surface area contributed by atoms with E-state index in [4.69, 9.17) is 9.94 Å². The maximum atomic E-state index is 13.1. The average molecular weight is 560 g/mol. The van der Waals surface area contributed by atoms with Gasteiger partial charge in [-0.25, -0.2) is 9.59 Å². The third kappa shape index (κ3) is 6.84. The van der Waals surface area contributed by atoms with Crippen molar-refractivity contribution in [2.45, 2.75) is 28.9 Å². The second-order valence-electron chi connectivity index (χ2n) is 9.27. The average Bonchev–Trinajstić information content (AvgIpc) is 3.41. The molecule has 1 fully saturated rings. The second-order valence-corrected chi connectivity index (χ2v) is 10.8. The van der Waals surface area contributed by atoms with Gasteiger partial charge in [0.2, 0.25) is 6.40 Å². The molecule has 0 radical (unpaired) electrons. The van der Waals surface area contributed by atoms with Gasteiger partial charge < -0.3 is 24.9 Å². The van der Waals surface area contributed by atoms with Crippen molar-refractivity contribution >= 4 is 30.3 Å². The maximum Gasteiger partial charge on any atom is 0.413 e. The number of carbonyl (C=O) groups excluding carboxylic acids is 2. The SMILES string of the molecule is C=CCOC(=O)N1C[C@@H](SC(c2ccccc2)(c2ccccc2)c2ccccc2)C[C@@H]1CCNC(=O)O/C=N/O. The summed E-state index contributed by atoms with van der Waals surface area (Å²) in [4.78, 5) is 26.6. The lowest BCUT2D eigenvalue weighted by molar-refractivity contribution is 0.106. The van der Waals surface area contributed by atoms with Crippen molar-refractivity contribution in [2.24, 2.45) is 5.16 Å². The Labute approximate surface area is 238 Å². The zero-order valence-electron chi connectivity index (χ0n) is 22.1. The Kier molecular flexibility index (Phi) is 10.2. The van der Waals surface area contributed by atoms with Crippen molar-refractivity contribution in [3.63, 3.8) is 0 Å². The predicted molar refractivity (Wildman–Crippen MR) is 157 cm³/mol. The molecule has 0 aromatic heterocycles. The van der Waals surface area contributed by atoms with Gasteiger partial charge in [0, 0.05) is 24.4 Å². The van der Waals surface area contributed by atoms with Crippen LogP contribution in [0.4, 0.5) is 9.59 Å². The van der Waals surface area contributed by atoms with Crippen molar-refractivity contribution in [3.05, 3.63) is 120 Å². The van der Waals surface area contributed by atoms with Gasteiger partial charge in [-0.3, -0.25) is 0 Å². The van der Waals surface area contributed by atoms with E-state index in [-0.39, 0.29) is 24.4 Å². The molecule has 0 spiro atoms. The van der Waals surface area contributed by atoms with E-state index in [9.17, 15) is 9.59 Å². The summed E-state index contributed by atoms with van der Waals surface area (Å²) in [6.07, 6.45) is 2.25. The predicted octanol–water partition coefficient (Wildman–Crippen LogP) is 6.01. The molecule has 2 amide bonds. The quantitative estimate of drug-likeness (QED) is 0.0745. The minimum atomic E-state index is -0.737. The number of oxime groups is 1. The first-order valence-corrected chi connectivity index (χ1v) is 14.0. The van der Waals surface area contributed by atoms with Gasteiger partial charge in [0.25, 0.3) is 0 Å². The Bertz CT molecular complexity index is 1180. The van der Waals surface area contributed by atoms with Gasteiger partial charge in [0.05, 0.1) is 4.75 Å². The number of likely N-dealkylation sites (tertiary alicyclic amines) is 1. The molecule has 8 nitrogen and oxygen atoms in total. The summed E-state index contributed by atoms with van der Waals surface area (Å²) in [6.45, 7) is 4.52. The van der Waals surface area contributed by atoms with Crippen LogP contribution in [0.3, 0.4) is 0 Å². The first kappa shape index (κ1) is 28.8. The monoisotopic (exact) mass is 559 g/mol. The molecule has 40 heavy (non-hydrogen) atoms. The molecule has 0 bridgehead atoms. The van der Waals surface area contributed by atoms with E-state index in [1.165, 1.54) is 0 Å². The van der Waals surface area contributed by atoms with E-state index in [1.54, 1.807) is 11.0 Å². The van der Waals surface area contributed by atoms with E-state index >= 15 is 0 Å². The molecule has 0 saturated carbocycles. The number of carbonyl (C=O) groups is 2. The van der Waals surface area contributed by atoms with Crippen LogP contribution in [0, 0.1) is 0 Å². The smallest absolute Gasteiger partial charge is 0.413 e. The van der Waals surface area contributed by atoms with Crippen molar-refractivity contribution < 1.29 is 24.3 Å². The maximum absolute atomic E-state index is 13.1. The largest absolute Gasteiger partial charge is 0.445 e. The number of alkyl carbamates (subject to hydrolysis) is 1. The third-order valence-corrected chi connectivity index (χ3v) is 8.51. The van der Waals surface area contributed by atoms with Crippen LogP contribution >= 0.6 is 11.8 Å². The van der Waals surface area contributed by atoms with Crippen LogP contribution in [0.2, 0.25) is 0 Å². The minimum Gasteiger partial charge on any atom is -0.445 e. The fourth-order valence-electron chi connectivity index (χ4n) is 5.10. The number of hydrogen-bond acceptors (Lipinski definition) is 7. The first-order valence-electron chi connectivity index (χ1n) is 13.1. The molecule has 208 valence electrons. The molecule has 1 aliphatic rings. The van der Waals surface area contributed by atoms with Gasteiger partial charge in [0.15, 0.2) is 0 Å². The summed E-state index contributed by atoms with van der Waals surface area (Å²) in [5, 5.41) is 13.8. The molecule has 1 aliphatic heterocycles. The highest BCUT2D eigenvalue weighted by Crippen LogP contribution is 2.52. The van der Waals surface area contributed by atoms with Gasteiger partial charge >= 0.3 is 12.2 Å². The van der Waals surface area contributed by atoms with E-state index in [0.717, 1.165) is 16.7 Å². The van der Waals surface area contributed by atoms with Crippen LogP contribution in [0.15, 0.2) is 109 Å². The molecule has 1 heterocycles. The molecular weight excluding hydrogens is 526 g/mol. The van der Waals surface area contributed by atoms with Gasteiger partial charge in [-0.05, 0) is 29.5 Å². The lowest BCUT2D eigenvalue weighted by atomic mass is 9.84. The van der Waals surface area contributed by atoms with Crippen LogP contribution in [0.25, 0.3) is 0 Å². The molecule has 0 unspecified atom stereocenters. The van der Waals surface area contributed by atoms with Crippen LogP contribution in [0.1, 0.15) is 29.5 Å². The lowest BCUT2D eigenvalue weighted by Gasteiger charge is -2.37. The number of hydrogen-bond donors (Lipinski definition) is 2. The summed E-state index contributed by atoms with van der Waals surface area (Å²) >= 11 is 1.83. The normalized spacial score (nSPS) is 16.9. The molecule has 2 N–H and O–H groups in total. The van der Waals surface area contributed by atoms with Crippen molar-refractivity contribution in [1.29, 1.82) is 0 Å². The zero-order valence-corrected chi connectivity index (χ0v) is 22.9. The van der Waals surface area contributed by atoms with Crippen LogP contribution < -0.4 is 5.32 Å². The second kappa shape index (κ2) is 14.2. The number of thioether (sulfide) groups is 1. The van der Waals surface area contributed by atoms with Crippen LogP contribution in [0.5, 0.6) is 0 Å². The molecule has 0 aliphatic carbocycles. The molecule has 1 saturated heterocycles. The number of nitrogens with zero attached hydrogens (tertiary/aromatic N) is 2. The van der Waals surface area contributed by atoms with Gasteiger partial charge in [-0.1, -0.05) is 109 Å². The number of nitrogens with one attached hydrogen (secondary N) is 1. The van der Waals surface area contributed by atoms with Crippen molar-refractivity contribution in [3.8, 4) is 0 Å². The van der Waals surface area contributed by atoms with Crippen molar-refractivity contribution in [1.82, 2.24) is 10.2 Å². The lowest BCUT2D eigenvalue weighted by Crippen LogP contribution is -2.38. The number of amides is 2. The standard InChI is InChI=1S/C31H33N3O5S/c1-2-20-38-30(36)34-22-28(21-27(34)18-19-32-29(35)39-23-33-37)40-31(24-12-6-3-7-13-24,25-14-8-4-9-15-25)26-16-10-5-11-17-26/h2-17,23,27-28,37H,1,18-22H2,(H,32,35)/b33-23+/t27-,28-/m0/s1. The number of rotatable bonds is 11. The third-order valence-electron chi connectivity index (χ3n) is 6.77. The van der Waals surface area contributed by atoms with Crippen LogP contribution in [-0.2, 0) is 14.2 Å². The Morgan fingerprint density at radius 1 is 1.00 bits per heavy atom. The van der Waals surface area contributed by atoms with Gasteiger partial charge in [-0.15, -0.1) is 11.8 Å². The zero-order chi connectivity index (χ0) is 28.2. The highest BCUT2D eigenvalue weighted by atomic mass is 32.2. The topological polar surface area (TPSA) is 100 Å². The fraction of sp³-hybridized carbons (Fsp3) is 0.258. The summed E-state index contributed by atoms with van der Waals surface area (Å²) < 4.78 is 9.50. The van der Waals surface area contributed by atoms with E-state index in [1.807, 2.05) is 30.0 Å². The Morgan fingerprint density at radius 3 is 2.05 bits per heavy atom. The minimum absolute atomic E-state index is 0.0652. The number of ether oxygens (including phenoxy) is 2.